The van der Waals surface area contributed by atoms with Gasteiger partial charge in [0.15, 0.2) is 5.78 Å². The van der Waals surface area contributed by atoms with E-state index in [1.54, 1.807) is 24.4 Å². The molecule has 72 valence electrons. The second-order valence-corrected chi connectivity index (χ2v) is 4.24. The van der Waals surface area contributed by atoms with E-state index in [-0.39, 0.29) is 5.78 Å². The molecule has 1 aliphatic rings. The van der Waals surface area contributed by atoms with E-state index < -0.39 is 11.0 Å². The first-order valence-electron chi connectivity index (χ1n) is 4.18. The molecule has 1 heterocycles. The van der Waals surface area contributed by atoms with Crippen molar-refractivity contribution in [1.29, 1.82) is 0 Å². The summed E-state index contributed by atoms with van der Waals surface area (Å²) < 4.78 is 14.2. The molecule has 2 rings (SSSR count). The number of ketones is 1. The number of rotatable bonds is 1. The highest BCUT2D eigenvalue weighted by molar-refractivity contribution is 7.83. The summed E-state index contributed by atoms with van der Waals surface area (Å²) in [6.45, 7) is 1.50. The number of nitrogens with one attached hydrogen (secondary N) is 1. The lowest BCUT2D eigenvalue weighted by Gasteiger charge is -2.11. The van der Waals surface area contributed by atoms with Crippen LogP contribution < -0.4 is 4.72 Å². The molecule has 3 nitrogen and oxygen atoms in total. The van der Waals surface area contributed by atoms with Gasteiger partial charge >= 0.3 is 0 Å². The summed E-state index contributed by atoms with van der Waals surface area (Å²) in [6.07, 6.45) is 3.48. The minimum atomic E-state index is -1.23. The van der Waals surface area contributed by atoms with E-state index in [0.717, 1.165) is 5.56 Å². The minimum absolute atomic E-state index is 0.0145. The summed E-state index contributed by atoms with van der Waals surface area (Å²) in [5.41, 5.74) is 1.49. The predicted octanol–water partition coefficient (Wildman–Crippen LogP) is 1.49. The molecule has 0 bridgehead atoms. The number of Topliss-reactive ketones (excluding diaryl/α,β-unsaturated/α-hetero) is 1. The number of fused-ring (bicyclic) bond motifs is 1. The van der Waals surface area contributed by atoms with Crippen molar-refractivity contribution < 1.29 is 9.00 Å². The van der Waals surface area contributed by atoms with Crippen LogP contribution in [0.5, 0.6) is 0 Å². The molecule has 1 unspecified atom stereocenters. The highest BCUT2D eigenvalue weighted by atomic mass is 32.2. The molecule has 0 aliphatic carbocycles. The number of carbonyl (C=O) groups is 1. The number of carbonyl (C=O) groups excluding carboxylic acids is 1. The Hall–Kier alpha value is -1.42. The largest absolute Gasteiger partial charge is 0.308 e. The maximum Gasteiger partial charge on any atom is 0.159 e. The highest BCUT2D eigenvalue weighted by Gasteiger charge is 2.12. The Morgan fingerprint density at radius 1 is 1.43 bits per heavy atom. The second-order valence-electron chi connectivity index (χ2n) is 3.03. The van der Waals surface area contributed by atoms with Crippen molar-refractivity contribution >= 4 is 22.8 Å². The number of benzene rings is 1. The van der Waals surface area contributed by atoms with E-state index in [4.69, 9.17) is 0 Å². The molecule has 1 N–H and O–H groups in total. The quantitative estimate of drug-likeness (QED) is 0.709. The molecule has 0 saturated carbocycles. The minimum Gasteiger partial charge on any atom is -0.308 e. The standard InChI is InChI=1S/C10H9NO2S/c1-7(12)9-3-2-8-4-5-11-14(13)10(8)6-9/h2-6,11H,1H3. The molecule has 0 fully saturated rings. The third kappa shape index (κ3) is 1.48. The predicted molar refractivity (Wildman–Crippen MR) is 55.0 cm³/mol. The molecular weight excluding hydrogens is 198 g/mol. The van der Waals surface area contributed by atoms with Gasteiger partial charge in [-0.25, -0.2) is 4.21 Å². The third-order valence-electron chi connectivity index (χ3n) is 2.06. The van der Waals surface area contributed by atoms with Crippen LogP contribution in [-0.4, -0.2) is 9.99 Å². The normalized spacial score (nSPS) is 18.5. The van der Waals surface area contributed by atoms with Crippen molar-refractivity contribution in [2.24, 2.45) is 0 Å². The Labute approximate surface area is 84.4 Å². The zero-order valence-electron chi connectivity index (χ0n) is 7.61. The molecule has 0 radical (unpaired) electrons. The van der Waals surface area contributed by atoms with Crippen molar-refractivity contribution in [3.05, 3.63) is 35.5 Å². The molecule has 1 aromatic carbocycles. The summed E-state index contributed by atoms with van der Waals surface area (Å²) in [5, 5.41) is 0. The van der Waals surface area contributed by atoms with Gasteiger partial charge in [-0.3, -0.25) is 4.79 Å². The lowest BCUT2D eigenvalue weighted by molar-refractivity contribution is 0.101. The molecule has 0 spiro atoms. The first kappa shape index (κ1) is 9.15. The zero-order valence-corrected chi connectivity index (χ0v) is 8.43. The Morgan fingerprint density at radius 2 is 2.21 bits per heavy atom. The SMILES string of the molecule is CC(=O)c1ccc2c(c1)S(=O)NC=C2. The molecule has 1 aromatic rings. The summed E-state index contributed by atoms with van der Waals surface area (Å²) in [7, 11) is -1.23. The van der Waals surface area contributed by atoms with Crippen LogP contribution in [0.3, 0.4) is 0 Å². The monoisotopic (exact) mass is 207 g/mol. The van der Waals surface area contributed by atoms with Crippen molar-refractivity contribution in [2.75, 3.05) is 0 Å². The maximum absolute atomic E-state index is 11.5. The van der Waals surface area contributed by atoms with E-state index in [9.17, 15) is 9.00 Å². The summed E-state index contributed by atoms with van der Waals surface area (Å²) in [4.78, 5) is 11.8. The van der Waals surface area contributed by atoms with Gasteiger partial charge < -0.3 is 4.72 Å². The summed E-state index contributed by atoms with van der Waals surface area (Å²) in [6, 6.07) is 5.22. The Bertz CT molecular complexity index is 451. The van der Waals surface area contributed by atoms with E-state index in [1.807, 2.05) is 6.08 Å². The molecule has 4 heteroatoms. The molecule has 1 atom stereocenters. The Morgan fingerprint density at radius 3 is 2.93 bits per heavy atom. The number of hydrogen-bond donors (Lipinski definition) is 1. The fourth-order valence-electron chi connectivity index (χ4n) is 1.30. The van der Waals surface area contributed by atoms with Crippen molar-refractivity contribution in [1.82, 2.24) is 4.72 Å². The highest BCUT2D eigenvalue weighted by Crippen LogP contribution is 2.19. The van der Waals surface area contributed by atoms with Crippen LogP contribution in [0.2, 0.25) is 0 Å². The average Bonchev–Trinajstić information content (AvgIpc) is 2.18. The van der Waals surface area contributed by atoms with Crippen LogP contribution in [0.25, 0.3) is 6.08 Å². The van der Waals surface area contributed by atoms with E-state index in [0.29, 0.717) is 10.5 Å². The van der Waals surface area contributed by atoms with Crippen LogP contribution in [0.15, 0.2) is 29.3 Å². The van der Waals surface area contributed by atoms with Gasteiger partial charge in [0.2, 0.25) is 0 Å². The first-order chi connectivity index (χ1) is 6.68. The molecular formula is C10H9NO2S. The van der Waals surface area contributed by atoms with Crippen LogP contribution in [-0.2, 0) is 11.0 Å². The van der Waals surface area contributed by atoms with Crippen LogP contribution >= 0.6 is 0 Å². The van der Waals surface area contributed by atoms with Crippen molar-refractivity contribution in [3.8, 4) is 0 Å². The first-order valence-corrected chi connectivity index (χ1v) is 5.33. The van der Waals surface area contributed by atoms with Gasteiger partial charge in [-0.1, -0.05) is 12.1 Å². The topological polar surface area (TPSA) is 46.2 Å². The lowest BCUT2D eigenvalue weighted by atomic mass is 10.1. The molecule has 1 aliphatic heterocycles. The van der Waals surface area contributed by atoms with E-state index in [1.165, 1.54) is 6.92 Å². The van der Waals surface area contributed by atoms with E-state index >= 15 is 0 Å². The zero-order chi connectivity index (χ0) is 10.1. The summed E-state index contributed by atoms with van der Waals surface area (Å²) in [5.74, 6) is -0.0145. The van der Waals surface area contributed by atoms with Gasteiger partial charge in [0.1, 0.15) is 11.0 Å². The number of hydrogen-bond acceptors (Lipinski definition) is 2. The smallest absolute Gasteiger partial charge is 0.159 e. The van der Waals surface area contributed by atoms with Gasteiger partial charge in [0, 0.05) is 11.8 Å². The third-order valence-corrected chi connectivity index (χ3v) is 3.16. The molecule has 0 aromatic heterocycles. The van der Waals surface area contributed by atoms with Crippen molar-refractivity contribution in [3.63, 3.8) is 0 Å². The van der Waals surface area contributed by atoms with E-state index in [2.05, 4.69) is 4.72 Å². The van der Waals surface area contributed by atoms with Gasteiger partial charge in [0.25, 0.3) is 0 Å². The van der Waals surface area contributed by atoms with Crippen LogP contribution in [0.1, 0.15) is 22.8 Å². The fourth-order valence-corrected chi connectivity index (χ4v) is 2.20. The summed E-state index contributed by atoms with van der Waals surface area (Å²) >= 11 is 0. The maximum atomic E-state index is 11.5. The Balaban J connectivity index is 2.57. The average molecular weight is 207 g/mol. The van der Waals surface area contributed by atoms with Crippen LogP contribution in [0, 0.1) is 0 Å². The van der Waals surface area contributed by atoms with Gasteiger partial charge in [0.05, 0.1) is 4.90 Å². The lowest BCUT2D eigenvalue weighted by Crippen LogP contribution is -2.15. The molecule has 14 heavy (non-hydrogen) atoms. The van der Waals surface area contributed by atoms with Gasteiger partial charge in [-0.05, 0) is 24.6 Å². The molecule has 0 saturated heterocycles. The second kappa shape index (κ2) is 3.38. The van der Waals surface area contributed by atoms with Crippen LogP contribution in [0.4, 0.5) is 0 Å². The fraction of sp³-hybridized carbons (Fsp3) is 0.100. The molecule has 0 amide bonds. The van der Waals surface area contributed by atoms with Crippen molar-refractivity contribution in [2.45, 2.75) is 11.8 Å². The Kier molecular flexibility index (Phi) is 2.21. The van der Waals surface area contributed by atoms with Gasteiger partial charge in [-0.15, -0.1) is 0 Å². The van der Waals surface area contributed by atoms with Gasteiger partial charge in [-0.2, -0.15) is 0 Å².